The predicted octanol–water partition coefficient (Wildman–Crippen LogP) is 3.51. The number of hydrogen-bond donors (Lipinski definition) is 3. The van der Waals surface area contributed by atoms with Gasteiger partial charge in [0.15, 0.2) is 0 Å². The zero-order chi connectivity index (χ0) is 28.3. The Labute approximate surface area is 232 Å². The molecule has 10 heteroatoms. The minimum absolute atomic E-state index is 0.0478. The third kappa shape index (κ3) is 11.2. The van der Waals surface area contributed by atoms with E-state index in [1.54, 1.807) is 12.4 Å². The maximum atomic E-state index is 13.1. The summed E-state index contributed by atoms with van der Waals surface area (Å²) in [7, 11) is 0. The molecule has 1 atom stereocenters. The summed E-state index contributed by atoms with van der Waals surface area (Å²) in [5.41, 5.74) is 2.59. The molecule has 0 aliphatic carbocycles. The summed E-state index contributed by atoms with van der Waals surface area (Å²) in [5.74, 6) is 1.21. The molecule has 0 fully saturated rings. The number of carbonyl (C=O) groups is 2. The summed E-state index contributed by atoms with van der Waals surface area (Å²) in [5, 5.41) is 9.52. The number of esters is 1. The number of carbonyl (C=O) groups excluding carboxylic acids is 2. The number of nitrogens with zero attached hydrogens (tertiary/aromatic N) is 4. The SMILES string of the molecule is CC(=O)NCCN(CCCCc1ccc2c(n1)NCCC2)CC[C@H](Nc1cncc(C)n1)C(=O)OC(C)(C)C. The van der Waals surface area contributed by atoms with Crippen molar-refractivity contribution in [1.82, 2.24) is 25.2 Å². The maximum Gasteiger partial charge on any atom is 0.329 e. The highest BCUT2D eigenvalue weighted by Crippen LogP contribution is 2.20. The van der Waals surface area contributed by atoms with E-state index < -0.39 is 11.6 Å². The van der Waals surface area contributed by atoms with E-state index >= 15 is 0 Å². The Morgan fingerprint density at radius 2 is 1.95 bits per heavy atom. The van der Waals surface area contributed by atoms with Crippen LogP contribution in [0.5, 0.6) is 0 Å². The second kappa shape index (κ2) is 14.8. The van der Waals surface area contributed by atoms with Gasteiger partial charge in [-0.15, -0.1) is 0 Å². The number of aryl methyl sites for hydroxylation is 3. The standard InChI is InChI=1S/C29H45N7O3/c1-21-19-30-20-26(33-21)35-25(28(38)39-29(3,4)5)13-17-36(18-15-31-22(2)37)16-7-6-10-24-12-11-23-9-8-14-32-27(23)34-24/h11-12,19-20,25H,6-10,13-18H2,1-5H3,(H,31,37)(H,32,34)(H,33,35)/t25-/m0/s1. The molecule has 3 heterocycles. The van der Waals surface area contributed by atoms with Crippen molar-refractivity contribution in [3.8, 4) is 0 Å². The molecule has 0 unspecified atom stereocenters. The van der Waals surface area contributed by atoms with E-state index in [1.807, 2.05) is 27.7 Å². The van der Waals surface area contributed by atoms with Gasteiger partial charge in [0, 0.05) is 45.0 Å². The average Bonchev–Trinajstić information content (AvgIpc) is 2.87. The summed E-state index contributed by atoms with van der Waals surface area (Å²) >= 11 is 0. The molecular formula is C29H45N7O3. The number of nitrogens with one attached hydrogen (secondary N) is 3. The summed E-state index contributed by atoms with van der Waals surface area (Å²) in [4.78, 5) is 40.2. The molecule has 10 nitrogen and oxygen atoms in total. The fraction of sp³-hybridized carbons (Fsp3) is 0.621. The van der Waals surface area contributed by atoms with E-state index in [9.17, 15) is 9.59 Å². The lowest BCUT2D eigenvalue weighted by Gasteiger charge is -2.28. The van der Waals surface area contributed by atoms with Crippen LogP contribution in [-0.2, 0) is 27.2 Å². The van der Waals surface area contributed by atoms with Crippen molar-refractivity contribution in [2.45, 2.75) is 84.8 Å². The molecule has 39 heavy (non-hydrogen) atoms. The van der Waals surface area contributed by atoms with E-state index in [4.69, 9.17) is 9.72 Å². The largest absolute Gasteiger partial charge is 0.458 e. The molecule has 0 saturated heterocycles. The molecule has 1 amide bonds. The molecule has 1 aliphatic rings. The van der Waals surface area contributed by atoms with Crippen LogP contribution in [0.4, 0.5) is 11.6 Å². The first kappa shape index (κ1) is 30.3. The zero-order valence-corrected chi connectivity index (χ0v) is 24.2. The normalized spacial score (nSPS) is 13.8. The number of fused-ring (bicyclic) bond motifs is 1. The van der Waals surface area contributed by atoms with E-state index in [0.717, 1.165) is 62.4 Å². The van der Waals surface area contributed by atoms with E-state index in [2.05, 4.69) is 43.0 Å². The van der Waals surface area contributed by atoms with Gasteiger partial charge in [0.25, 0.3) is 0 Å². The van der Waals surface area contributed by atoms with Crippen LogP contribution in [0, 0.1) is 6.92 Å². The van der Waals surface area contributed by atoms with Crippen LogP contribution >= 0.6 is 0 Å². The van der Waals surface area contributed by atoms with E-state index in [1.165, 1.54) is 12.5 Å². The number of anilines is 2. The molecule has 1 aliphatic heterocycles. The lowest BCUT2D eigenvalue weighted by molar-refractivity contribution is -0.156. The van der Waals surface area contributed by atoms with Crippen LogP contribution in [0.25, 0.3) is 0 Å². The van der Waals surface area contributed by atoms with Gasteiger partial charge in [0.1, 0.15) is 23.3 Å². The molecule has 3 rings (SSSR count). The summed E-state index contributed by atoms with van der Waals surface area (Å²) in [6.07, 6.45) is 8.98. The Morgan fingerprint density at radius 1 is 1.13 bits per heavy atom. The van der Waals surface area contributed by atoms with Crippen LogP contribution in [0.3, 0.4) is 0 Å². The number of amides is 1. The molecular weight excluding hydrogens is 494 g/mol. The lowest BCUT2D eigenvalue weighted by Crippen LogP contribution is -2.41. The van der Waals surface area contributed by atoms with Gasteiger partial charge in [-0.2, -0.15) is 0 Å². The van der Waals surface area contributed by atoms with E-state index in [0.29, 0.717) is 31.9 Å². The molecule has 214 valence electrons. The highest BCUT2D eigenvalue weighted by molar-refractivity contribution is 5.79. The molecule has 0 aromatic carbocycles. The number of rotatable bonds is 14. The first-order chi connectivity index (χ1) is 18.6. The lowest BCUT2D eigenvalue weighted by atomic mass is 10.1. The van der Waals surface area contributed by atoms with Gasteiger partial charge in [-0.05, 0) is 84.4 Å². The van der Waals surface area contributed by atoms with Gasteiger partial charge >= 0.3 is 5.97 Å². The number of pyridine rings is 1. The third-order valence-electron chi connectivity index (χ3n) is 6.41. The number of aromatic nitrogens is 3. The molecule has 0 radical (unpaired) electrons. The minimum Gasteiger partial charge on any atom is -0.458 e. The Kier molecular flexibility index (Phi) is 11.5. The Hall–Kier alpha value is -3.27. The number of hydrogen-bond acceptors (Lipinski definition) is 9. The second-order valence-electron chi connectivity index (χ2n) is 11.2. The third-order valence-corrected chi connectivity index (χ3v) is 6.41. The van der Waals surface area contributed by atoms with Gasteiger partial charge in [-0.1, -0.05) is 6.07 Å². The number of unbranched alkanes of at least 4 members (excludes halogenated alkanes) is 1. The first-order valence-corrected chi connectivity index (χ1v) is 14.1. The minimum atomic E-state index is -0.597. The smallest absolute Gasteiger partial charge is 0.329 e. The van der Waals surface area contributed by atoms with Crippen molar-refractivity contribution in [1.29, 1.82) is 0 Å². The van der Waals surface area contributed by atoms with Gasteiger partial charge < -0.3 is 25.6 Å². The van der Waals surface area contributed by atoms with Gasteiger partial charge in [0.05, 0.1) is 11.9 Å². The summed E-state index contributed by atoms with van der Waals surface area (Å²) < 4.78 is 5.70. The summed E-state index contributed by atoms with van der Waals surface area (Å²) in [6.45, 7) is 12.7. The molecule has 0 saturated carbocycles. The van der Waals surface area contributed by atoms with Crippen molar-refractivity contribution >= 4 is 23.5 Å². The Balaban J connectivity index is 1.58. The van der Waals surface area contributed by atoms with Crippen molar-refractivity contribution < 1.29 is 14.3 Å². The molecule has 3 N–H and O–H groups in total. The Bertz CT molecular complexity index is 1090. The quantitative estimate of drug-likeness (QED) is 0.245. The fourth-order valence-corrected chi connectivity index (χ4v) is 4.52. The Morgan fingerprint density at radius 3 is 2.69 bits per heavy atom. The average molecular weight is 540 g/mol. The maximum absolute atomic E-state index is 13.1. The fourth-order valence-electron chi connectivity index (χ4n) is 4.52. The van der Waals surface area contributed by atoms with Crippen molar-refractivity contribution in [2.24, 2.45) is 0 Å². The highest BCUT2D eigenvalue weighted by Gasteiger charge is 2.26. The summed E-state index contributed by atoms with van der Waals surface area (Å²) in [6, 6.07) is 3.77. The van der Waals surface area contributed by atoms with Gasteiger partial charge in [0.2, 0.25) is 5.91 Å². The van der Waals surface area contributed by atoms with E-state index in [-0.39, 0.29) is 11.9 Å². The van der Waals surface area contributed by atoms with Crippen LogP contribution < -0.4 is 16.0 Å². The van der Waals surface area contributed by atoms with Crippen molar-refractivity contribution in [3.05, 3.63) is 41.5 Å². The first-order valence-electron chi connectivity index (χ1n) is 14.1. The van der Waals surface area contributed by atoms with Crippen LogP contribution in [0.15, 0.2) is 24.5 Å². The topological polar surface area (TPSA) is 121 Å². The molecule has 2 aromatic rings. The monoisotopic (exact) mass is 539 g/mol. The van der Waals surface area contributed by atoms with Crippen molar-refractivity contribution in [3.63, 3.8) is 0 Å². The van der Waals surface area contributed by atoms with Gasteiger partial charge in [-0.3, -0.25) is 9.78 Å². The zero-order valence-electron chi connectivity index (χ0n) is 24.2. The van der Waals surface area contributed by atoms with Crippen LogP contribution in [-0.4, -0.2) is 76.1 Å². The van der Waals surface area contributed by atoms with Crippen LogP contribution in [0.2, 0.25) is 0 Å². The number of ether oxygens (including phenoxy) is 1. The second-order valence-corrected chi connectivity index (χ2v) is 11.2. The van der Waals surface area contributed by atoms with Crippen LogP contribution in [0.1, 0.15) is 70.3 Å². The van der Waals surface area contributed by atoms with Gasteiger partial charge in [-0.25, -0.2) is 14.8 Å². The molecule has 2 aromatic heterocycles. The highest BCUT2D eigenvalue weighted by atomic mass is 16.6. The van der Waals surface area contributed by atoms with Crippen molar-refractivity contribution in [2.75, 3.05) is 43.4 Å². The predicted molar refractivity (Wildman–Crippen MR) is 154 cm³/mol. The molecule has 0 spiro atoms. The molecule has 0 bridgehead atoms.